The van der Waals surface area contributed by atoms with E-state index in [9.17, 15) is 13.2 Å². The van der Waals surface area contributed by atoms with Crippen LogP contribution in [0.2, 0.25) is 0 Å². The van der Waals surface area contributed by atoms with E-state index in [0.717, 1.165) is 25.9 Å². The molecule has 0 spiro atoms. The first-order valence-corrected chi connectivity index (χ1v) is 6.30. The Labute approximate surface area is 106 Å². The van der Waals surface area contributed by atoms with Crippen molar-refractivity contribution in [3.63, 3.8) is 0 Å². The molecule has 0 radical (unpaired) electrons. The minimum Gasteiger partial charge on any atom is -0.306 e. The Morgan fingerprint density at radius 2 is 1.78 bits per heavy atom. The predicted octanol–water partition coefficient (Wildman–Crippen LogP) is 3.59. The molecule has 1 aliphatic rings. The van der Waals surface area contributed by atoms with Crippen LogP contribution in [-0.4, -0.2) is 25.0 Å². The van der Waals surface area contributed by atoms with E-state index in [4.69, 9.17) is 0 Å². The van der Waals surface area contributed by atoms with Crippen molar-refractivity contribution >= 4 is 0 Å². The van der Waals surface area contributed by atoms with Crippen LogP contribution in [0, 0.1) is 5.92 Å². The summed E-state index contributed by atoms with van der Waals surface area (Å²) in [5.41, 5.74) is -0.0246. The van der Waals surface area contributed by atoms with Crippen LogP contribution >= 0.6 is 0 Å². The topological polar surface area (TPSA) is 3.24 Å². The molecule has 1 aromatic rings. The van der Waals surface area contributed by atoms with Crippen LogP contribution < -0.4 is 0 Å². The fourth-order valence-electron chi connectivity index (χ4n) is 2.55. The van der Waals surface area contributed by atoms with Gasteiger partial charge in [-0.2, -0.15) is 13.2 Å². The molecule has 0 aliphatic carbocycles. The molecule has 0 bridgehead atoms. The molecule has 0 aromatic heterocycles. The van der Waals surface area contributed by atoms with E-state index in [2.05, 4.69) is 11.9 Å². The molecule has 18 heavy (non-hydrogen) atoms. The second-order valence-corrected chi connectivity index (χ2v) is 5.11. The van der Waals surface area contributed by atoms with Crippen molar-refractivity contribution in [2.75, 3.05) is 20.1 Å². The Kier molecular flexibility index (Phi) is 3.95. The number of hydrogen-bond donors (Lipinski definition) is 0. The van der Waals surface area contributed by atoms with E-state index in [1.807, 2.05) is 0 Å². The number of piperidine rings is 1. The summed E-state index contributed by atoms with van der Waals surface area (Å²) in [5.74, 6) is 0.379. The molecule has 2 rings (SSSR count). The molecular weight excluding hydrogens is 239 g/mol. The Bertz CT molecular complexity index is 392. The molecule has 0 saturated carbocycles. The molecule has 4 heteroatoms. The zero-order chi connectivity index (χ0) is 13.2. The summed E-state index contributed by atoms with van der Waals surface area (Å²) in [4.78, 5) is 2.23. The lowest BCUT2D eigenvalue weighted by molar-refractivity contribution is -0.138. The summed E-state index contributed by atoms with van der Waals surface area (Å²) in [6.45, 7) is 1.97. The van der Waals surface area contributed by atoms with Gasteiger partial charge in [-0.25, -0.2) is 0 Å². The maximum atomic E-state index is 12.9. The van der Waals surface area contributed by atoms with Gasteiger partial charge in [0.2, 0.25) is 0 Å². The number of benzene rings is 1. The lowest BCUT2D eigenvalue weighted by Gasteiger charge is -2.29. The van der Waals surface area contributed by atoms with Gasteiger partial charge in [-0.15, -0.1) is 0 Å². The highest BCUT2D eigenvalue weighted by molar-refractivity contribution is 5.30. The van der Waals surface area contributed by atoms with Gasteiger partial charge in [0, 0.05) is 0 Å². The highest BCUT2D eigenvalue weighted by Gasteiger charge is 2.33. The fourth-order valence-corrected chi connectivity index (χ4v) is 2.55. The maximum absolute atomic E-state index is 12.9. The largest absolute Gasteiger partial charge is 0.416 e. The fraction of sp³-hybridized carbons (Fsp3) is 0.571. The molecule has 1 saturated heterocycles. The van der Waals surface area contributed by atoms with Crippen molar-refractivity contribution in [2.45, 2.75) is 25.4 Å². The van der Waals surface area contributed by atoms with Crippen LogP contribution in [0.15, 0.2) is 24.3 Å². The van der Waals surface area contributed by atoms with Crippen LogP contribution in [0.5, 0.6) is 0 Å². The van der Waals surface area contributed by atoms with Gasteiger partial charge in [-0.3, -0.25) is 0 Å². The summed E-state index contributed by atoms with van der Waals surface area (Å²) in [7, 11) is 2.06. The Hall–Kier alpha value is -1.03. The standard InChI is InChI=1S/C14H18F3N/c1-18-8-6-11(7-9-18)10-12-4-2-3-5-13(12)14(15,16)17/h2-5,11H,6-10H2,1H3. The summed E-state index contributed by atoms with van der Waals surface area (Å²) < 4.78 is 38.6. The Morgan fingerprint density at radius 3 is 2.39 bits per heavy atom. The van der Waals surface area contributed by atoms with Crippen molar-refractivity contribution in [3.8, 4) is 0 Å². The zero-order valence-electron chi connectivity index (χ0n) is 10.5. The van der Waals surface area contributed by atoms with Crippen molar-refractivity contribution < 1.29 is 13.2 Å². The summed E-state index contributed by atoms with van der Waals surface area (Å²) >= 11 is 0. The summed E-state index contributed by atoms with van der Waals surface area (Å²) in [5, 5.41) is 0. The molecule has 1 heterocycles. The van der Waals surface area contributed by atoms with Crippen molar-refractivity contribution in [1.82, 2.24) is 4.90 Å². The van der Waals surface area contributed by atoms with E-state index in [1.165, 1.54) is 12.1 Å². The second-order valence-electron chi connectivity index (χ2n) is 5.11. The Morgan fingerprint density at radius 1 is 1.17 bits per heavy atom. The van der Waals surface area contributed by atoms with Gasteiger partial charge in [-0.1, -0.05) is 18.2 Å². The zero-order valence-corrected chi connectivity index (χ0v) is 10.5. The molecular formula is C14H18F3N. The van der Waals surface area contributed by atoms with Gasteiger partial charge in [0.05, 0.1) is 5.56 Å². The van der Waals surface area contributed by atoms with Crippen molar-refractivity contribution in [2.24, 2.45) is 5.92 Å². The van der Waals surface area contributed by atoms with Crippen LogP contribution in [0.3, 0.4) is 0 Å². The number of hydrogen-bond acceptors (Lipinski definition) is 1. The third kappa shape index (κ3) is 3.25. The van der Waals surface area contributed by atoms with Gasteiger partial charge in [0.1, 0.15) is 0 Å². The highest BCUT2D eigenvalue weighted by Crippen LogP contribution is 2.34. The lowest BCUT2D eigenvalue weighted by Crippen LogP contribution is -2.31. The second kappa shape index (κ2) is 5.31. The molecule has 1 aliphatic heterocycles. The van der Waals surface area contributed by atoms with Crippen molar-refractivity contribution in [1.29, 1.82) is 0 Å². The van der Waals surface area contributed by atoms with E-state index in [0.29, 0.717) is 17.9 Å². The average molecular weight is 257 g/mol. The first kappa shape index (κ1) is 13.4. The lowest BCUT2D eigenvalue weighted by atomic mass is 9.88. The van der Waals surface area contributed by atoms with Gasteiger partial charge < -0.3 is 4.90 Å². The van der Waals surface area contributed by atoms with Crippen LogP contribution in [0.4, 0.5) is 13.2 Å². The third-order valence-corrected chi connectivity index (χ3v) is 3.67. The number of nitrogens with zero attached hydrogens (tertiary/aromatic N) is 1. The molecule has 0 unspecified atom stereocenters. The number of likely N-dealkylation sites (tertiary alicyclic amines) is 1. The molecule has 1 fully saturated rings. The number of halogens is 3. The summed E-state index contributed by atoms with van der Waals surface area (Å²) in [6.07, 6.45) is -1.71. The van der Waals surface area contributed by atoms with E-state index in [-0.39, 0.29) is 0 Å². The predicted molar refractivity (Wildman–Crippen MR) is 65.4 cm³/mol. The first-order chi connectivity index (χ1) is 8.47. The van der Waals surface area contributed by atoms with Crippen LogP contribution in [0.25, 0.3) is 0 Å². The van der Waals surface area contributed by atoms with Gasteiger partial charge in [-0.05, 0) is 56.9 Å². The normalized spacial score (nSPS) is 19.1. The minimum atomic E-state index is -4.23. The van der Waals surface area contributed by atoms with Gasteiger partial charge >= 0.3 is 6.18 Å². The third-order valence-electron chi connectivity index (χ3n) is 3.67. The quantitative estimate of drug-likeness (QED) is 0.782. The SMILES string of the molecule is CN1CCC(Cc2ccccc2C(F)(F)F)CC1. The minimum absolute atomic E-state index is 0.379. The molecule has 1 nitrogen and oxygen atoms in total. The first-order valence-electron chi connectivity index (χ1n) is 6.30. The van der Waals surface area contributed by atoms with E-state index < -0.39 is 11.7 Å². The molecule has 0 atom stereocenters. The maximum Gasteiger partial charge on any atom is 0.416 e. The molecule has 100 valence electrons. The molecule has 0 N–H and O–H groups in total. The smallest absolute Gasteiger partial charge is 0.306 e. The number of rotatable bonds is 2. The average Bonchev–Trinajstić information content (AvgIpc) is 2.31. The van der Waals surface area contributed by atoms with Gasteiger partial charge in [0.25, 0.3) is 0 Å². The Balaban J connectivity index is 2.10. The monoisotopic (exact) mass is 257 g/mol. The van der Waals surface area contributed by atoms with E-state index in [1.54, 1.807) is 12.1 Å². The van der Waals surface area contributed by atoms with E-state index >= 15 is 0 Å². The molecule has 0 amide bonds. The van der Waals surface area contributed by atoms with Gasteiger partial charge in [0.15, 0.2) is 0 Å². The van der Waals surface area contributed by atoms with Crippen LogP contribution in [0.1, 0.15) is 24.0 Å². The number of alkyl halides is 3. The van der Waals surface area contributed by atoms with Crippen molar-refractivity contribution in [3.05, 3.63) is 35.4 Å². The highest BCUT2D eigenvalue weighted by atomic mass is 19.4. The summed E-state index contributed by atoms with van der Waals surface area (Å²) in [6, 6.07) is 5.95. The van der Waals surface area contributed by atoms with Crippen LogP contribution in [-0.2, 0) is 12.6 Å². The molecule has 1 aromatic carbocycles.